The van der Waals surface area contributed by atoms with Crippen molar-refractivity contribution in [2.24, 2.45) is 0 Å². The van der Waals surface area contributed by atoms with Crippen LogP contribution in [0.5, 0.6) is 0 Å². The molecule has 3 rings (SSSR count). The van der Waals surface area contributed by atoms with Gasteiger partial charge in [-0.1, -0.05) is 6.07 Å². The van der Waals surface area contributed by atoms with Crippen LogP contribution in [-0.2, 0) is 0 Å². The molecule has 20 heavy (non-hydrogen) atoms. The van der Waals surface area contributed by atoms with Crippen LogP contribution in [0.2, 0.25) is 0 Å². The molecule has 2 atom stereocenters. The summed E-state index contributed by atoms with van der Waals surface area (Å²) < 4.78 is 3.45. The molecule has 2 nitrogen and oxygen atoms in total. The molecule has 104 valence electrons. The zero-order valence-corrected chi connectivity index (χ0v) is 14.9. The zero-order chi connectivity index (χ0) is 14.3. The number of hydrogen-bond acceptors (Lipinski definition) is 2. The third-order valence-electron chi connectivity index (χ3n) is 3.38. The average molecular weight is 417 g/mol. The molecular weight excluding hydrogens is 403 g/mol. The fourth-order valence-electron chi connectivity index (χ4n) is 2.43. The van der Waals surface area contributed by atoms with Crippen molar-refractivity contribution in [1.82, 2.24) is 9.55 Å². The number of hydrogen-bond donors (Lipinski definition) is 0. The summed E-state index contributed by atoms with van der Waals surface area (Å²) >= 11 is 10.4. The van der Waals surface area contributed by atoms with Gasteiger partial charge in [-0.25, -0.2) is 4.98 Å². The molecule has 0 N–H and O–H groups in total. The number of benzene rings is 1. The molecule has 0 aliphatic carbocycles. The van der Waals surface area contributed by atoms with Crippen molar-refractivity contribution in [2.45, 2.75) is 25.3 Å². The molecule has 2 aromatic heterocycles. The smallest absolute Gasteiger partial charge is 0.128 e. The molecule has 2 heterocycles. The summed E-state index contributed by atoms with van der Waals surface area (Å²) in [5.41, 5.74) is 2.16. The highest BCUT2D eigenvalue weighted by Crippen LogP contribution is 2.33. The second kappa shape index (κ2) is 5.66. The Balaban J connectivity index is 2.24. The van der Waals surface area contributed by atoms with Gasteiger partial charge >= 0.3 is 0 Å². The highest BCUT2D eigenvalue weighted by molar-refractivity contribution is 14.1. The third-order valence-corrected chi connectivity index (χ3v) is 5.29. The van der Waals surface area contributed by atoms with Gasteiger partial charge in [0.1, 0.15) is 5.82 Å². The summed E-state index contributed by atoms with van der Waals surface area (Å²) in [7, 11) is 0. The molecule has 2 unspecified atom stereocenters. The van der Waals surface area contributed by atoms with Crippen LogP contribution in [-0.4, -0.2) is 9.55 Å². The summed E-state index contributed by atoms with van der Waals surface area (Å²) in [6.07, 6.45) is 0. The maximum atomic E-state index is 6.34. The molecule has 5 heteroatoms. The molecule has 0 bridgehead atoms. The molecule has 1 aromatic carbocycles. The molecule has 3 aromatic rings. The van der Waals surface area contributed by atoms with Crippen molar-refractivity contribution in [2.75, 3.05) is 0 Å². The standard InChI is InChI=1S/C15H14ClIN2S/c1-9(16)15-18-12-8-11(17)5-6-13(12)19(15)10(2)14-4-3-7-20-14/h3-10H,1-2H3. The van der Waals surface area contributed by atoms with Crippen molar-refractivity contribution >= 4 is 56.6 Å². The number of aromatic nitrogens is 2. The number of fused-ring (bicyclic) bond motifs is 1. The number of halogens is 2. The van der Waals surface area contributed by atoms with Gasteiger partial charge in [-0.15, -0.1) is 22.9 Å². The lowest BCUT2D eigenvalue weighted by atomic mass is 10.2. The fourth-order valence-corrected chi connectivity index (χ4v) is 3.84. The van der Waals surface area contributed by atoms with E-state index in [2.05, 4.69) is 69.8 Å². The maximum Gasteiger partial charge on any atom is 0.128 e. The number of nitrogens with zero attached hydrogens (tertiary/aromatic N) is 2. The minimum atomic E-state index is -0.109. The van der Waals surface area contributed by atoms with Crippen molar-refractivity contribution < 1.29 is 0 Å². The SMILES string of the molecule is CC(Cl)c1nc2cc(I)ccc2n1C(C)c1cccs1. The number of rotatable bonds is 3. The molecule has 0 spiro atoms. The van der Waals surface area contributed by atoms with Crippen molar-refractivity contribution in [3.05, 3.63) is 50.0 Å². The Morgan fingerprint density at radius 1 is 1.30 bits per heavy atom. The van der Waals surface area contributed by atoms with Crippen molar-refractivity contribution in [3.8, 4) is 0 Å². The Hall–Kier alpha value is -0.590. The lowest BCUT2D eigenvalue weighted by Crippen LogP contribution is -2.10. The number of thiophene rings is 1. The molecule has 0 aliphatic rings. The Kier molecular flexibility index (Phi) is 4.06. The second-order valence-corrected chi connectivity index (χ2v) is 7.66. The van der Waals surface area contributed by atoms with Gasteiger partial charge in [0.25, 0.3) is 0 Å². The summed E-state index contributed by atoms with van der Waals surface area (Å²) in [6.45, 7) is 4.18. The Morgan fingerprint density at radius 3 is 2.75 bits per heavy atom. The first-order chi connectivity index (χ1) is 9.58. The van der Waals surface area contributed by atoms with E-state index in [0.717, 1.165) is 16.9 Å². The largest absolute Gasteiger partial charge is 0.319 e. The topological polar surface area (TPSA) is 17.8 Å². The summed E-state index contributed by atoms with van der Waals surface area (Å²) in [6, 6.07) is 10.9. The molecule has 0 aliphatic heterocycles. The van der Waals surface area contributed by atoms with E-state index < -0.39 is 0 Å². The van der Waals surface area contributed by atoms with Gasteiger partial charge in [-0.2, -0.15) is 0 Å². The highest BCUT2D eigenvalue weighted by atomic mass is 127. The summed E-state index contributed by atoms with van der Waals surface area (Å²) in [5, 5.41) is 2.00. The Labute approximate surface area is 140 Å². The van der Waals surface area contributed by atoms with E-state index in [9.17, 15) is 0 Å². The minimum Gasteiger partial charge on any atom is -0.319 e. The fraction of sp³-hybridized carbons (Fsp3) is 0.267. The molecule has 0 saturated carbocycles. The van der Waals surface area contributed by atoms with Gasteiger partial charge < -0.3 is 4.57 Å². The predicted molar refractivity (Wildman–Crippen MR) is 94.9 cm³/mol. The summed E-state index contributed by atoms with van der Waals surface area (Å²) in [4.78, 5) is 6.06. The van der Waals surface area contributed by atoms with E-state index in [-0.39, 0.29) is 11.4 Å². The van der Waals surface area contributed by atoms with Gasteiger partial charge in [-0.3, -0.25) is 0 Å². The lowest BCUT2D eigenvalue weighted by Gasteiger charge is -2.17. The number of alkyl halides is 1. The van der Waals surface area contributed by atoms with Gasteiger partial charge in [0.15, 0.2) is 0 Å². The molecule has 0 fully saturated rings. The minimum absolute atomic E-state index is 0.109. The van der Waals surface area contributed by atoms with Crippen molar-refractivity contribution in [3.63, 3.8) is 0 Å². The van der Waals surface area contributed by atoms with Gasteiger partial charge in [0.05, 0.1) is 22.5 Å². The van der Waals surface area contributed by atoms with E-state index in [1.807, 2.05) is 6.92 Å². The number of imidazole rings is 1. The van der Waals surface area contributed by atoms with Gasteiger partial charge in [0, 0.05) is 8.45 Å². The first-order valence-corrected chi connectivity index (χ1v) is 8.82. The summed E-state index contributed by atoms with van der Waals surface area (Å²) in [5.74, 6) is 0.935. The van der Waals surface area contributed by atoms with E-state index in [1.165, 1.54) is 8.45 Å². The van der Waals surface area contributed by atoms with Gasteiger partial charge in [0.2, 0.25) is 0 Å². The van der Waals surface area contributed by atoms with Crippen LogP contribution < -0.4 is 0 Å². The first kappa shape index (κ1) is 14.4. The van der Waals surface area contributed by atoms with E-state index >= 15 is 0 Å². The van der Waals surface area contributed by atoms with E-state index in [0.29, 0.717) is 0 Å². The van der Waals surface area contributed by atoms with Gasteiger partial charge in [-0.05, 0) is 66.1 Å². The first-order valence-electron chi connectivity index (χ1n) is 6.43. The zero-order valence-electron chi connectivity index (χ0n) is 11.2. The van der Waals surface area contributed by atoms with E-state index in [4.69, 9.17) is 16.6 Å². The third kappa shape index (κ3) is 2.49. The van der Waals surface area contributed by atoms with Crippen LogP contribution in [0.25, 0.3) is 11.0 Å². The van der Waals surface area contributed by atoms with Crippen LogP contribution in [0.15, 0.2) is 35.7 Å². The molecular formula is C15H14ClIN2S. The lowest BCUT2D eigenvalue weighted by molar-refractivity contribution is 0.628. The predicted octanol–water partition coefficient (Wildman–Crippen LogP) is 5.61. The monoisotopic (exact) mass is 416 g/mol. The second-order valence-electron chi connectivity index (χ2n) is 4.78. The molecule has 0 amide bonds. The van der Waals surface area contributed by atoms with Crippen molar-refractivity contribution in [1.29, 1.82) is 0 Å². The average Bonchev–Trinajstić information content (AvgIpc) is 3.04. The van der Waals surface area contributed by atoms with Crippen LogP contribution in [0.3, 0.4) is 0 Å². The Bertz CT molecular complexity index is 734. The molecule has 0 saturated heterocycles. The maximum absolute atomic E-state index is 6.34. The molecule has 0 radical (unpaired) electrons. The van der Waals surface area contributed by atoms with Crippen LogP contribution >= 0.6 is 45.5 Å². The van der Waals surface area contributed by atoms with Crippen LogP contribution in [0.1, 0.15) is 36.0 Å². The highest BCUT2D eigenvalue weighted by Gasteiger charge is 2.20. The normalized spacial score (nSPS) is 14.6. The Morgan fingerprint density at radius 2 is 2.10 bits per heavy atom. The van der Waals surface area contributed by atoms with Crippen LogP contribution in [0.4, 0.5) is 0 Å². The van der Waals surface area contributed by atoms with Crippen LogP contribution in [0, 0.1) is 3.57 Å². The quantitative estimate of drug-likeness (QED) is 0.401. The van der Waals surface area contributed by atoms with E-state index in [1.54, 1.807) is 11.3 Å².